The van der Waals surface area contributed by atoms with Crippen molar-refractivity contribution in [2.24, 2.45) is 0 Å². The second-order valence-corrected chi connectivity index (χ2v) is 6.01. The molecule has 24 heavy (non-hydrogen) atoms. The first-order valence-corrected chi connectivity index (χ1v) is 8.31. The number of rotatable bonds is 4. The maximum absolute atomic E-state index is 12.6. The van der Waals surface area contributed by atoms with E-state index in [0.29, 0.717) is 31.9 Å². The molecule has 2 heterocycles. The quantitative estimate of drug-likeness (QED) is 0.935. The van der Waals surface area contributed by atoms with Gasteiger partial charge in [0.1, 0.15) is 0 Å². The van der Waals surface area contributed by atoms with Gasteiger partial charge < -0.3 is 14.8 Å². The summed E-state index contributed by atoms with van der Waals surface area (Å²) >= 11 is 0. The van der Waals surface area contributed by atoms with Gasteiger partial charge in [0.25, 0.3) is 5.91 Å². The van der Waals surface area contributed by atoms with Crippen LogP contribution >= 0.6 is 0 Å². The molecule has 0 saturated carbocycles. The summed E-state index contributed by atoms with van der Waals surface area (Å²) in [5.74, 6) is 0.280. The van der Waals surface area contributed by atoms with Crippen molar-refractivity contribution in [1.82, 2.24) is 19.8 Å². The third-order valence-corrected chi connectivity index (χ3v) is 4.44. The Morgan fingerprint density at radius 1 is 1.33 bits per heavy atom. The van der Waals surface area contributed by atoms with Crippen molar-refractivity contribution in [3.05, 3.63) is 54.1 Å². The molecule has 1 aromatic carbocycles. The Labute approximate surface area is 141 Å². The Kier molecular flexibility index (Phi) is 4.93. The highest BCUT2D eigenvalue weighted by atomic mass is 16.2. The largest absolute Gasteiger partial charge is 0.341 e. The first-order valence-electron chi connectivity index (χ1n) is 8.31. The Hall–Kier alpha value is -2.63. The molecule has 1 unspecified atom stereocenters. The average molecular weight is 326 g/mol. The number of aromatic amines is 1. The van der Waals surface area contributed by atoms with E-state index in [9.17, 15) is 9.59 Å². The third-order valence-electron chi connectivity index (χ3n) is 4.44. The van der Waals surface area contributed by atoms with Gasteiger partial charge in [-0.2, -0.15) is 0 Å². The molecule has 126 valence electrons. The summed E-state index contributed by atoms with van der Waals surface area (Å²) in [6.07, 6.45) is 4.35. The van der Waals surface area contributed by atoms with Crippen molar-refractivity contribution >= 4 is 11.8 Å². The number of carbonyl (C=O) groups excluding carboxylic acids is 2. The lowest BCUT2D eigenvalue weighted by atomic mass is 10.1. The van der Waals surface area contributed by atoms with Crippen LogP contribution < -0.4 is 0 Å². The number of imidazole rings is 1. The number of amides is 2. The van der Waals surface area contributed by atoms with E-state index >= 15 is 0 Å². The van der Waals surface area contributed by atoms with Gasteiger partial charge in [0.05, 0.1) is 0 Å². The topological polar surface area (TPSA) is 69.3 Å². The van der Waals surface area contributed by atoms with Gasteiger partial charge in [0.2, 0.25) is 5.91 Å². The van der Waals surface area contributed by atoms with E-state index in [-0.39, 0.29) is 17.9 Å². The van der Waals surface area contributed by atoms with Gasteiger partial charge in [-0.3, -0.25) is 9.59 Å². The van der Waals surface area contributed by atoms with Gasteiger partial charge in [0, 0.05) is 44.5 Å². The molecule has 2 aromatic rings. The van der Waals surface area contributed by atoms with Crippen LogP contribution in [0.15, 0.2) is 42.7 Å². The fraction of sp³-hybridized carbons (Fsp3) is 0.389. The predicted octanol–water partition coefficient (Wildman–Crippen LogP) is 2.06. The molecular formula is C18H22N4O2. The fourth-order valence-electron chi connectivity index (χ4n) is 3.09. The molecule has 1 N–H and O–H groups in total. The molecule has 1 aromatic heterocycles. The van der Waals surface area contributed by atoms with E-state index in [1.54, 1.807) is 17.3 Å². The number of aromatic nitrogens is 2. The SMILES string of the molecule is CCC1CN(C(=O)c2ncc[nH]2)CCC(=O)N1Cc1ccccc1. The van der Waals surface area contributed by atoms with Crippen molar-refractivity contribution in [3.8, 4) is 0 Å². The van der Waals surface area contributed by atoms with Crippen LogP contribution in [0.3, 0.4) is 0 Å². The van der Waals surface area contributed by atoms with Crippen molar-refractivity contribution in [3.63, 3.8) is 0 Å². The molecule has 1 saturated heterocycles. The molecular weight excluding hydrogens is 304 g/mol. The molecule has 6 nitrogen and oxygen atoms in total. The number of hydrogen-bond donors (Lipinski definition) is 1. The van der Waals surface area contributed by atoms with Gasteiger partial charge in [-0.05, 0) is 12.0 Å². The highest BCUT2D eigenvalue weighted by Crippen LogP contribution is 2.18. The molecule has 2 amide bonds. The lowest BCUT2D eigenvalue weighted by Gasteiger charge is -2.31. The highest BCUT2D eigenvalue weighted by Gasteiger charge is 2.31. The standard InChI is InChI=1S/C18H22N4O2/c1-2-15-13-21(18(24)17-19-9-10-20-17)11-8-16(23)22(15)12-14-6-4-3-5-7-14/h3-7,9-10,15H,2,8,11-13H2,1H3,(H,19,20). The molecule has 3 rings (SSSR count). The smallest absolute Gasteiger partial charge is 0.289 e. The summed E-state index contributed by atoms with van der Waals surface area (Å²) in [5, 5.41) is 0. The molecule has 0 aliphatic carbocycles. The second kappa shape index (κ2) is 7.29. The lowest BCUT2D eigenvalue weighted by molar-refractivity contribution is -0.133. The predicted molar refractivity (Wildman–Crippen MR) is 90.2 cm³/mol. The van der Waals surface area contributed by atoms with Gasteiger partial charge in [0.15, 0.2) is 5.82 Å². The monoisotopic (exact) mass is 326 g/mol. The van der Waals surface area contributed by atoms with Crippen molar-refractivity contribution in [2.45, 2.75) is 32.4 Å². The number of carbonyl (C=O) groups is 2. The van der Waals surface area contributed by atoms with Crippen LogP contribution in [0.4, 0.5) is 0 Å². The molecule has 0 bridgehead atoms. The summed E-state index contributed by atoms with van der Waals surface area (Å²) in [4.78, 5) is 35.7. The molecule has 0 spiro atoms. The minimum absolute atomic E-state index is 0.0131. The second-order valence-electron chi connectivity index (χ2n) is 6.01. The van der Waals surface area contributed by atoms with Gasteiger partial charge in [-0.25, -0.2) is 4.98 Å². The zero-order valence-electron chi connectivity index (χ0n) is 13.8. The third kappa shape index (κ3) is 3.48. The Bertz CT molecular complexity index is 684. The van der Waals surface area contributed by atoms with Crippen molar-refractivity contribution in [1.29, 1.82) is 0 Å². The lowest BCUT2D eigenvalue weighted by Crippen LogP contribution is -2.44. The number of nitrogens with zero attached hydrogens (tertiary/aromatic N) is 3. The number of hydrogen-bond acceptors (Lipinski definition) is 3. The summed E-state index contributed by atoms with van der Waals surface area (Å²) < 4.78 is 0. The van der Waals surface area contributed by atoms with Crippen molar-refractivity contribution < 1.29 is 9.59 Å². The van der Waals surface area contributed by atoms with Crippen LogP contribution in [-0.2, 0) is 11.3 Å². The van der Waals surface area contributed by atoms with E-state index in [4.69, 9.17) is 0 Å². The average Bonchev–Trinajstić information content (AvgIpc) is 3.10. The van der Waals surface area contributed by atoms with Crippen molar-refractivity contribution in [2.75, 3.05) is 13.1 Å². The molecule has 1 aliphatic heterocycles. The number of benzene rings is 1. The van der Waals surface area contributed by atoms with Gasteiger partial charge >= 0.3 is 0 Å². The summed E-state index contributed by atoms with van der Waals surface area (Å²) in [7, 11) is 0. The van der Waals surface area contributed by atoms with E-state index in [1.807, 2.05) is 35.2 Å². The van der Waals surface area contributed by atoms with Gasteiger partial charge in [-0.1, -0.05) is 37.3 Å². The first-order chi connectivity index (χ1) is 11.7. The van der Waals surface area contributed by atoms with E-state index < -0.39 is 0 Å². The Morgan fingerprint density at radius 2 is 2.12 bits per heavy atom. The van der Waals surface area contributed by atoms with E-state index in [2.05, 4.69) is 16.9 Å². The van der Waals surface area contributed by atoms with Crippen LogP contribution in [0.1, 0.15) is 35.9 Å². The minimum atomic E-state index is -0.146. The van der Waals surface area contributed by atoms with Crippen LogP contribution in [0.25, 0.3) is 0 Å². The highest BCUT2D eigenvalue weighted by molar-refractivity contribution is 5.91. The molecule has 1 aliphatic rings. The van der Waals surface area contributed by atoms with Gasteiger partial charge in [-0.15, -0.1) is 0 Å². The Morgan fingerprint density at radius 3 is 2.79 bits per heavy atom. The number of H-pyrrole nitrogens is 1. The normalized spacial score (nSPS) is 18.5. The summed E-state index contributed by atoms with van der Waals surface area (Å²) in [6, 6.07) is 9.98. The summed E-state index contributed by atoms with van der Waals surface area (Å²) in [5.41, 5.74) is 1.11. The molecule has 1 fully saturated rings. The van der Waals surface area contributed by atoms with E-state index in [1.165, 1.54) is 0 Å². The molecule has 1 atom stereocenters. The fourth-order valence-corrected chi connectivity index (χ4v) is 3.09. The minimum Gasteiger partial charge on any atom is -0.341 e. The van der Waals surface area contributed by atoms with Crippen LogP contribution in [-0.4, -0.2) is 50.7 Å². The maximum Gasteiger partial charge on any atom is 0.289 e. The zero-order valence-corrected chi connectivity index (χ0v) is 13.8. The van der Waals surface area contributed by atoms with Crippen LogP contribution in [0.5, 0.6) is 0 Å². The van der Waals surface area contributed by atoms with E-state index in [0.717, 1.165) is 12.0 Å². The number of nitrogens with one attached hydrogen (secondary N) is 1. The van der Waals surface area contributed by atoms with Crippen LogP contribution in [0, 0.1) is 0 Å². The first kappa shape index (κ1) is 16.2. The molecule has 0 radical (unpaired) electrons. The van der Waals surface area contributed by atoms with Crippen LogP contribution in [0.2, 0.25) is 0 Å². The molecule has 6 heteroatoms. The Balaban J connectivity index is 1.77. The zero-order chi connectivity index (χ0) is 16.9. The maximum atomic E-state index is 12.6. The summed E-state index contributed by atoms with van der Waals surface area (Å²) in [6.45, 7) is 3.60.